The van der Waals surface area contributed by atoms with Crippen LogP contribution in [0, 0.1) is 0 Å². The summed E-state index contributed by atoms with van der Waals surface area (Å²) in [6, 6.07) is 4.04. The molecular formula is C11H14N2O2. The third-order valence-corrected chi connectivity index (χ3v) is 3.04. The zero-order valence-corrected chi connectivity index (χ0v) is 8.56. The molecule has 0 aromatic carbocycles. The summed E-state index contributed by atoms with van der Waals surface area (Å²) in [6.07, 6.45) is 4.59. The van der Waals surface area contributed by atoms with Gasteiger partial charge in [0.05, 0.1) is 19.8 Å². The first kappa shape index (κ1) is 9.12. The Balaban J connectivity index is 1.76. The van der Waals surface area contributed by atoms with Gasteiger partial charge in [-0.3, -0.25) is 4.98 Å². The molecule has 2 saturated heterocycles. The van der Waals surface area contributed by atoms with Gasteiger partial charge in [0.25, 0.3) is 0 Å². The third-order valence-electron chi connectivity index (χ3n) is 3.04. The van der Waals surface area contributed by atoms with Crippen molar-refractivity contribution in [1.82, 2.24) is 4.98 Å². The van der Waals surface area contributed by atoms with Crippen molar-refractivity contribution >= 4 is 5.69 Å². The molecule has 3 rings (SSSR count). The van der Waals surface area contributed by atoms with E-state index in [9.17, 15) is 0 Å². The predicted octanol–water partition coefficient (Wildman–Crippen LogP) is 1.03. The largest absolute Gasteiger partial charge is 0.366 e. The Morgan fingerprint density at radius 1 is 1.20 bits per heavy atom. The highest BCUT2D eigenvalue weighted by Gasteiger charge is 2.43. The molecular weight excluding hydrogens is 192 g/mol. The number of nitrogens with zero attached hydrogens (tertiary/aromatic N) is 2. The topological polar surface area (TPSA) is 34.6 Å². The van der Waals surface area contributed by atoms with E-state index in [-0.39, 0.29) is 5.79 Å². The maximum atomic E-state index is 5.67. The Morgan fingerprint density at radius 3 is 2.67 bits per heavy atom. The highest BCUT2D eigenvalue weighted by molar-refractivity contribution is 5.46. The molecule has 0 aliphatic carbocycles. The van der Waals surface area contributed by atoms with Crippen LogP contribution in [0.5, 0.6) is 0 Å². The van der Waals surface area contributed by atoms with Gasteiger partial charge in [0.2, 0.25) is 0 Å². The summed E-state index contributed by atoms with van der Waals surface area (Å²) < 4.78 is 11.3. The van der Waals surface area contributed by atoms with E-state index in [0.29, 0.717) is 0 Å². The first-order valence-corrected chi connectivity index (χ1v) is 5.31. The fraction of sp³-hybridized carbons (Fsp3) is 0.545. The van der Waals surface area contributed by atoms with Crippen LogP contribution < -0.4 is 4.90 Å². The van der Waals surface area contributed by atoms with Crippen LogP contribution in [0.1, 0.15) is 6.42 Å². The standard InChI is InChI=1S/C11H14N2O2/c1-4-12-5-2-10(1)13-6-3-11(9-13)14-7-8-15-11/h1-2,4-5H,3,6-9H2. The minimum Gasteiger partial charge on any atom is -0.366 e. The molecule has 15 heavy (non-hydrogen) atoms. The molecule has 2 aliphatic heterocycles. The highest BCUT2D eigenvalue weighted by Crippen LogP contribution is 2.32. The molecule has 3 heterocycles. The molecule has 1 spiro atoms. The Morgan fingerprint density at radius 2 is 1.93 bits per heavy atom. The summed E-state index contributed by atoms with van der Waals surface area (Å²) >= 11 is 0. The van der Waals surface area contributed by atoms with E-state index in [1.54, 1.807) is 0 Å². The van der Waals surface area contributed by atoms with E-state index in [2.05, 4.69) is 9.88 Å². The van der Waals surface area contributed by atoms with Gasteiger partial charge in [-0.2, -0.15) is 0 Å². The lowest BCUT2D eigenvalue weighted by Crippen LogP contribution is -2.34. The van der Waals surface area contributed by atoms with E-state index in [0.717, 1.165) is 32.7 Å². The van der Waals surface area contributed by atoms with E-state index in [1.807, 2.05) is 24.5 Å². The number of anilines is 1. The average Bonchev–Trinajstić information content (AvgIpc) is 2.91. The summed E-state index contributed by atoms with van der Waals surface area (Å²) in [5.41, 5.74) is 1.20. The molecule has 1 aromatic rings. The van der Waals surface area contributed by atoms with Crippen molar-refractivity contribution in [1.29, 1.82) is 0 Å². The second kappa shape index (κ2) is 3.47. The third kappa shape index (κ3) is 1.60. The monoisotopic (exact) mass is 206 g/mol. The summed E-state index contributed by atoms with van der Waals surface area (Å²) in [4.78, 5) is 6.30. The fourth-order valence-corrected chi connectivity index (χ4v) is 2.26. The van der Waals surface area contributed by atoms with Crippen LogP contribution in [0.2, 0.25) is 0 Å². The summed E-state index contributed by atoms with van der Waals surface area (Å²) in [7, 11) is 0. The molecule has 2 aliphatic rings. The van der Waals surface area contributed by atoms with Crippen molar-refractivity contribution in [3.63, 3.8) is 0 Å². The van der Waals surface area contributed by atoms with Crippen molar-refractivity contribution in [3.05, 3.63) is 24.5 Å². The van der Waals surface area contributed by atoms with Gasteiger partial charge in [-0.1, -0.05) is 0 Å². The lowest BCUT2D eigenvalue weighted by molar-refractivity contribution is -0.137. The second-order valence-electron chi connectivity index (χ2n) is 3.98. The van der Waals surface area contributed by atoms with Crippen LogP contribution >= 0.6 is 0 Å². The molecule has 0 atom stereocenters. The molecule has 0 unspecified atom stereocenters. The van der Waals surface area contributed by atoms with E-state index in [4.69, 9.17) is 9.47 Å². The van der Waals surface area contributed by atoms with Crippen molar-refractivity contribution in [2.24, 2.45) is 0 Å². The van der Waals surface area contributed by atoms with Crippen molar-refractivity contribution < 1.29 is 9.47 Å². The Hall–Kier alpha value is -1.13. The summed E-state index contributed by atoms with van der Waals surface area (Å²) in [6.45, 7) is 3.27. The number of pyridine rings is 1. The summed E-state index contributed by atoms with van der Waals surface area (Å²) in [5, 5.41) is 0. The van der Waals surface area contributed by atoms with Gasteiger partial charge in [-0.05, 0) is 12.1 Å². The van der Waals surface area contributed by atoms with Crippen LogP contribution in [0.15, 0.2) is 24.5 Å². The van der Waals surface area contributed by atoms with Crippen LogP contribution in [-0.4, -0.2) is 37.1 Å². The molecule has 0 N–H and O–H groups in total. The van der Waals surface area contributed by atoms with Crippen LogP contribution in [0.3, 0.4) is 0 Å². The van der Waals surface area contributed by atoms with Crippen molar-refractivity contribution in [3.8, 4) is 0 Å². The molecule has 4 nitrogen and oxygen atoms in total. The number of aromatic nitrogens is 1. The predicted molar refractivity (Wildman–Crippen MR) is 55.7 cm³/mol. The van der Waals surface area contributed by atoms with Gasteiger partial charge in [0.1, 0.15) is 0 Å². The maximum absolute atomic E-state index is 5.67. The van der Waals surface area contributed by atoms with Crippen LogP contribution in [-0.2, 0) is 9.47 Å². The minimum atomic E-state index is -0.330. The lowest BCUT2D eigenvalue weighted by Gasteiger charge is -2.23. The Labute approximate surface area is 88.8 Å². The van der Waals surface area contributed by atoms with E-state index >= 15 is 0 Å². The number of rotatable bonds is 1. The van der Waals surface area contributed by atoms with Gasteiger partial charge < -0.3 is 14.4 Å². The minimum absolute atomic E-state index is 0.330. The quantitative estimate of drug-likeness (QED) is 0.687. The molecule has 1 aromatic heterocycles. The molecule has 0 bridgehead atoms. The van der Waals surface area contributed by atoms with Gasteiger partial charge >= 0.3 is 0 Å². The highest BCUT2D eigenvalue weighted by atomic mass is 16.7. The Kier molecular flexibility index (Phi) is 2.11. The average molecular weight is 206 g/mol. The van der Waals surface area contributed by atoms with Crippen LogP contribution in [0.25, 0.3) is 0 Å². The Bertz CT molecular complexity index is 336. The number of hydrogen-bond donors (Lipinski definition) is 0. The first-order valence-electron chi connectivity index (χ1n) is 5.31. The van der Waals surface area contributed by atoms with E-state index in [1.165, 1.54) is 5.69 Å². The normalized spacial score (nSPS) is 23.9. The zero-order valence-electron chi connectivity index (χ0n) is 8.56. The molecule has 80 valence electrons. The van der Waals surface area contributed by atoms with Gasteiger partial charge in [-0.15, -0.1) is 0 Å². The zero-order chi connectivity index (χ0) is 10.1. The van der Waals surface area contributed by atoms with E-state index < -0.39 is 0 Å². The maximum Gasteiger partial charge on any atom is 0.187 e. The van der Waals surface area contributed by atoms with Gasteiger partial charge in [-0.25, -0.2) is 0 Å². The van der Waals surface area contributed by atoms with Gasteiger partial charge in [0, 0.05) is 31.0 Å². The van der Waals surface area contributed by atoms with Crippen molar-refractivity contribution in [2.75, 3.05) is 31.2 Å². The molecule has 4 heteroatoms. The molecule has 2 fully saturated rings. The molecule has 0 saturated carbocycles. The van der Waals surface area contributed by atoms with Crippen molar-refractivity contribution in [2.45, 2.75) is 12.2 Å². The molecule has 0 radical (unpaired) electrons. The fourth-order valence-electron chi connectivity index (χ4n) is 2.26. The first-order chi connectivity index (χ1) is 7.38. The number of hydrogen-bond acceptors (Lipinski definition) is 4. The molecule has 0 amide bonds. The van der Waals surface area contributed by atoms with Crippen LogP contribution in [0.4, 0.5) is 5.69 Å². The van der Waals surface area contributed by atoms with Gasteiger partial charge in [0.15, 0.2) is 5.79 Å². The second-order valence-corrected chi connectivity index (χ2v) is 3.98. The lowest BCUT2D eigenvalue weighted by atomic mass is 10.2. The SMILES string of the molecule is c1cc(N2CCC3(C2)OCCO3)ccn1. The number of ether oxygens (including phenoxy) is 2. The smallest absolute Gasteiger partial charge is 0.187 e. The summed E-state index contributed by atoms with van der Waals surface area (Å²) in [5.74, 6) is -0.330.